The molecule has 0 unspecified atom stereocenters. The van der Waals surface area contributed by atoms with E-state index >= 15 is 0 Å². The summed E-state index contributed by atoms with van der Waals surface area (Å²) in [4.78, 5) is 0. The number of ether oxygens (including phenoxy) is 2. The van der Waals surface area contributed by atoms with Crippen LogP contribution in [0, 0.1) is 0 Å². The normalized spacial score (nSPS) is 10.3. The Morgan fingerprint density at radius 3 is 2.38 bits per heavy atom. The summed E-state index contributed by atoms with van der Waals surface area (Å²) >= 11 is 12.1. The number of para-hydroxylation sites is 1. The summed E-state index contributed by atoms with van der Waals surface area (Å²) < 4.78 is 11.2. The van der Waals surface area contributed by atoms with Gasteiger partial charge >= 0.3 is 0 Å². The number of hydrogen-bond acceptors (Lipinski definition) is 3. The van der Waals surface area contributed by atoms with Gasteiger partial charge in [0.25, 0.3) is 0 Å². The molecule has 0 saturated carbocycles. The van der Waals surface area contributed by atoms with Crippen molar-refractivity contribution in [1.29, 1.82) is 0 Å². The first-order valence-electron chi connectivity index (χ1n) is 9.14. The number of halogens is 3. The van der Waals surface area contributed by atoms with E-state index in [1.807, 2.05) is 42.5 Å². The van der Waals surface area contributed by atoms with Crippen LogP contribution in [0.4, 0.5) is 0 Å². The first kappa shape index (κ1) is 23.4. The van der Waals surface area contributed by atoms with Crippen molar-refractivity contribution in [3.05, 3.63) is 93.5 Å². The monoisotopic (exact) mass is 451 g/mol. The van der Waals surface area contributed by atoms with Gasteiger partial charge in [0.2, 0.25) is 0 Å². The highest BCUT2D eigenvalue weighted by Crippen LogP contribution is 2.23. The fourth-order valence-electron chi connectivity index (χ4n) is 2.87. The fraction of sp³-hybridized carbons (Fsp3) is 0.217. The van der Waals surface area contributed by atoms with Gasteiger partial charge in [0.05, 0.1) is 7.11 Å². The summed E-state index contributed by atoms with van der Waals surface area (Å²) in [6.07, 6.45) is 0.924. The molecule has 3 rings (SSSR count). The van der Waals surface area contributed by atoms with Crippen molar-refractivity contribution < 1.29 is 9.47 Å². The van der Waals surface area contributed by atoms with Crippen LogP contribution in [0.15, 0.2) is 66.7 Å². The van der Waals surface area contributed by atoms with E-state index in [9.17, 15) is 0 Å². The Morgan fingerprint density at radius 2 is 1.66 bits per heavy atom. The van der Waals surface area contributed by atoms with Gasteiger partial charge in [0.1, 0.15) is 18.1 Å². The van der Waals surface area contributed by atoms with E-state index in [-0.39, 0.29) is 12.4 Å². The third-order valence-electron chi connectivity index (χ3n) is 4.43. The Hall–Kier alpha value is -1.91. The maximum atomic E-state index is 6.17. The van der Waals surface area contributed by atoms with Crippen LogP contribution in [0.5, 0.6) is 11.5 Å². The molecule has 0 aliphatic rings. The largest absolute Gasteiger partial charge is 0.496 e. The maximum Gasteiger partial charge on any atom is 0.122 e. The molecule has 29 heavy (non-hydrogen) atoms. The van der Waals surface area contributed by atoms with E-state index in [1.165, 1.54) is 11.1 Å². The SMILES string of the molecule is COc1ccccc1CCNCc1ccc(OCc2ccc(Cl)cc2Cl)cc1.Cl. The van der Waals surface area contributed by atoms with Gasteiger partial charge in [-0.05, 0) is 54.4 Å². The molecule has 3 nitrogen and oxygen atoms in total. The van der Waals surface area contributed by atoms with Gasteiger partial charge in [0, 0.05) is 22.2 Å². The zero-order valence-electron chi connectivity index (χ0n) is 16.2. The fourth-order valence-corrected chi connectivity index (χ4v) is 3.33. The molecule has 3 aromatic rings. The zero-order valence-corrected chi connectivity index (χ0v) is 18.5. The molecule has 0 atom stereocenters. The molecular formula is C23H24Cl3NO2. The Kier molecular flexibility index (Phi) is 9.62. The van der Waals surface area contributed by atoms with Crippen LogP contribution in [-0.2, 0) is 19.6 Å². The van der Waals surface area contributed by atoms with E-state index in [4.69, 9.17) is 32.7 Å². The third kappa shape index (κ3) is 7.13. The van der Waals surface area contributed by atoms with E-state index < -0.39 is 0 Å². The minimum atomic E-state index is 0. The molecule has 0 aliphatic carbocycles. The Morgan fingerprint density at radius 1 is 0.897 bits per heavy atom. The van der Waals surface area contributed by atoms with Crippen LogP contribution < -0.4 is 14.8 Å². The molecule has 6 heteroatoms. The molecule has 0 fully saturated rings. The van der Waals surface area contributed by atoms with Gasteiger partial charge in [0.15, 0.2) is 0 Å². The van der Waals surface area contributed by atoms with Crippen molar-refractivity contribution in [2.45, 2.75) is 19.6 Å². The summed E-state index contributed by atoms with van der Waals surface area (Å²) in [5.41, 5.74) is 3.33. The predicted molar refractivity (Wildman–Crippen MR) is 123 cm³/mol. The lowest BCUT2D eigenvalue weighted by Crippen LogP contribution is -2.16. The lowest BCUT2D eigenvalue weighted by atomic mass is 10.1. The molecule has 0 spiro atoms. The number of benzene rings is 3. The third-order valence-corrected chi connectivity index (χ3v) is 5.01. The van der Waals surface area contributed by atoms with Crippen molar-refractivity contribution in [3.8, 4) is 11.5 Å². The Labute approximate surface area is 188 Å². The minimum Gasteiger partial charge on any atom is -0.496 e. The van der Waals surface area contributed by atoms with Crippen LogP contribution in [0.2, 0.25) is 10.0 Å². The molecule has 0 amide bonds. The van der Waals surface area contributed by atoms with Crippen molar-refractivity contribution in [1.82, 2.24) is 5.32 Å². The highest BCUT2D eigenvalue weighted by Gasteiger charge is 2.04. The Bertz CT molecular complexity index is 901. The summed E-state index contributed by atoms with van der Waals surface area (Å²) in [7, 11) is 1.71. The number of methoxy groups -OCH3 is 1. The molecule has 0 bridgehead atoms. The first-order valence-corrected chi connectivity index (χ1v) is 9.89. The molecular weight excluding hydrogens is 429 g/mol. The molecule has 0 aromatic heterocycles. The number of nitrogens with one attached hydrogen (secondary N) is 1. The van der Waals surface area contributed by atoms with Gasteiger partial charge < -0.3 is 14.8 Å². The standard InChI is InChI=1S/C23H23Cl2NO2.ClH/c1-27-23-5-3-2-4-18(23)12-13-26-15-17-6-10-21(11-7-17)28-16-19-8-9-20(24)14-22(19)25;/h2-11,14,26H,12-13,15-16H2,1H3;1H. The highest BCUT2D eigenvalue weighted by molar-refractivity contribution is 6.35. The van der Waals surface area contributed by atoms with Crippen molar-refractivity contribution in [2.75, 3.05) is 13.7 Å². The topological polar surface area (TPSA) is 30.5 Å². The van der Waals surface area contributed by atoms with Gasteiger partial charge in [-0.3, -0.25) is 0 Å². The molecule has 0 saturated heterocycles. The van der Waals surface area contributed by atoms with Crippen LogP contribution in [-0.4, -0.2) is 13.7 Å². The van der Waals surface area contributed by atoms with Crippen LogP contribution in [0.1, 0.15) is 16.7 Å². The number of hydrogen-bond donors (Lipinski definition) is 1. The second-order valence-corrected chi connectivity index (χ2v) is 7.25. The van der Waals surface area contributed by atoms with Crippen molar-refractivity contribution >= 4 is 35.6 Å². The second-order valence-electron chi connectivity index (χ2n) is 6.41. The summed E-state index contributed by atoms with van der Waals surface area (Å²) in [5.74, 6) is 1.75. The zero-order chi connectivity index (χ0) is 19.8. The average Bonchev–Trinajstić information content (AvgIpc) is 2.72. The minimum absolute atomic E-state index is 0. The predicted octanol–water partition coefficient (Wildman–Crippen LogP) is 6.34. The molecule has 0 radical (unpaired) electrons. The van der Waals surface area contributed by atoms with E-state index in [0.717, 1.165) is 36.6 Å². The highest BCUT2D eigenvalue weighted by atomic mass is 35.5. The quantitative estimate of drug-likeness (QED) is 0.384. The van der Waals surface area contributed by atoms with Gasteiger partial charge in [-0.2, -0.15) is 0 Å². The van der Waals surface area contributed by atoms with Crippen molar-refractivity contribution in [2.24, 2.45) is 0 Å². The van der Waals surface area contributed by atoms with Crippen LogP contribution >= 0.6 is 35.6 Å². The maximum absolute atomic E-state index is 6.17. The van der Waals surface area contributed by atoms with Gasteiger partial charge in [-0.15, -0.1) is 12.4 Å². The average molecular weight is 453 g/mol. The van der Waals surface area contributed by atoms with Crippen molar-refractivity contribution in [3.63, 3.8) is 0 Å². The summed E-state index contributed by atoms with van der Waals surface area (Å²) in [6.45, 7) is 2.10. The summed E-state index contributed by atoms with van der Waals surface area (Å²) in [6, 6.07) is 21.6. The molecule has 0 heterocycles. The van der Waals surface area contributed by atoms with Gasteiger partial charge in [-0.1, -0.05) is 59.6 Å². The molecule has 154 valence electrons. The number of rotatable bonds is 9. The Balaban J connectivity index is 0.00000300. The molecule has 0 aliphatic heterocycles. The molecule has 3 aromatic carbocycles. The second kappa shape index (κ2) is 11.9. The molecule has 1 N–H and O–H groups in total. The van der Waals surface area contributed by atoms with Crippen LogP contribution in [0.25, 0.3) is 0 Å². The summed E-state index contributed by atoms with van der Waals surface area (Å²) in [5, 5.41) is 4.70. The van der Waals surface area contributed by atoms with Gasteiger partial charge in [-0.25, -0.2) is 0 Å². The lowest BCUT2D eigenvalue weighted by Gasteiger charge is -2.10. The van der Waals surface area contributed by atoms with E-state index in [2.05, 4.69) is 23.5 Å². The smallest absolute Gasteiger partial charge is 0.122 e. The van der Waals surface area contributed by atoms with E-state index in [1.54, 1.807) is 13.2 Å². The lowest BCUT2D eigenvalue weighted by molar-refractivity contribution is 0.306. The van der Waals surface area contributed by atoms with E-state index in [0.29, 0.717) is 16.7 Å². The first-order chi connectivity index (χ1) is 13.7. The van der Waals surface area contributed by atoms with Crippen LogP contribution in [0.3, 0.4) is 0 Å².